The first-order chi connectivity index (χ1) is 15.2. The molecule has 174 valence electrons. The van der Waals surface area contributed by atoms with Gasteiger partial charge in [-0.25, -0.2) is 12.8 Å². The standard InChI is InChI=1S/C22H27FN2O6S/c1-15(2)31-21-7-5-17(32(27,28)25-8-10-30-11-9-25)14-19(21)24-22(26)13-16-4-6-20(29-3)18(23)12-16/h4-7,12,14-15H,8-11,13H2,1-3H3,(H,24,26). The highest BCUT2D eigenvalue weighted by Gasteiger charge is 2.27. The van der Waals surface area contributed by atoms with E-state index < -0.39 is 21.7 Å². The molecule has 8 nitrogen and oxygen atoms in total. The molecule has 0 radical (unpaired) electrons. The van der Waals surface area contributed by atoms with E-state index in [2.05, 4.69) is 5.32 Å². The van der Waals surface area contributed by atoms with E-state index in [0.29, 0.717) is 24.5 Å². The summed E-state index contributed by atoms with van der Waals surface area (Å²) in [6, 6.07) is 8.62. The largest absolute Gasteiger partial charge is 0.494 e. The zero-order valence-electron chi connectivity index (χ0n) is 18.3. The Bertz CT molecular complexity index is 1070. The van der Waals surface area contributed by atoms with Gasteiger partial charge in [-0.15, -0.1) is 0 Å². The zero-order chi connectivity index (χ0) is 23.3. The number of rotatable bonds is 8. The van der Waals surface area contributed by atoms with Gasteiger partial charge in [0.1, 0.15) is 5.75 Å². The lowest BCUT2D eigenvalue weighted by Gasteiger charge is -2.26. The Morgan fingerprint density at radius 3 is 2.47 bits per heavy atom. The first kappa shape index (κ1) is 24.0. The van der Waals surface area contributed by atoms with Gasteiger partial charge < -0.3 is 19.5 Å². The first-order valence-corrected chi connectivity index (χ1v) is 11.7. The molecule has 1 aliphatic rings. The quantitative estimate of drug-likeness (QED) is 0.643. The van der Waals surface area contributed by atoms with Crippen molar-refractivity contribution in [2.24, 2.45) is 0 Å². The van der Waals surface area contributed by atoms with Gasteiger partial charge in [-0.1, -0.05) is 6.07 Å². The van der Waals surface area contributed by atoms with Crippen LogP contribution in [0.1, 0.15) is 19.4 Å². The van der Waals surface area contributed by atoms with Crippen LogP contribution in [0.2, 0.25) is 0 Å². The highest BCUT2D eigenvalue weighted by Crippen LogP contribution is 2.30. The molecule has 1 N–H and O–H groups in total. The Morgan fingerprint density at radius 1 is 1.16 bits per heavy atom. The van der Waals surface area contributed by atoms with Crippen LogP contribution in [-0.4, -0.2) is 58.1 Å². The van der Waals surface area contributed by atoms with Gasteiger partial charge in [0.15, 0.2) is 11.6 Å². The maximum atomic E-state index is 13.9. The van der Waals surface area contributed by atoms with Gasteiger partial charge in [0.2, 0.25) is 15.9 Å². The van der Waals surface area contributed by atoms with Gasteiger partial charge in [-0.05, 0) is 49.7 Å². The van der Waals surface area contributed by atoms with Gasteiger partial charge in [-0.3, -0.25) is 4.79 Å². The van der Waals surface area contributed by atoms with Crippen molar-refractivity contribution in [1.29, 1.82) is 0 Å². The molecule has 32 heavy (non-hydrogen) atoms. The average molecular weight is 467 g/mol. The van der Waals surface area contributed by atoms with Gasteiger partial charge in [-0.2, -0.15) is 4.31 Å². The fraction of sp³-hybridized carbons (Fsp3) is 0.409. The minimum Gasteiger partial charge on any atom is -0.494 e. The lowest BCUT2D eigenvalue weighted by atomic mass is 10.1. The van der Waals surface area contributed by atoms with E-state index in [-0.39, 0.29) is 41.9 Å². The van der Waals surface area contributed by atoms with Crippen molar-refractivity contribution in [3.63, 3.8) is 0 Å². The summed E-state index contributed by atoms with van der Waals surface area (Å²) >= 11 is 0. The van der Waals surface area contributed by atoms with Crippen molar-refractivity contribution in [2.45, 2.75) is 31.3 Å². The number of morpholine rings is 1. The summed E-state index contributed by atoms with van der Waals surface area (Å²) in [5, 5.41) is 2.70. The second-order valence-corrected chi connectivity index (χ2v) is 9.47. The monoisotopic (exact) mass is 466 g/mol. The molecule has 1 fully saturated rings. The number of ether oxygens (including phenoxy) is 3. The minimum absolute atomic E-state index is 0.0429. The summed E-state index contributed by atoms with van der Waals surface area (Å²) < 4.78 is 57.2. The van der Waals surface area contributed by atoms with Crippen molar-refractivity contribution in [3.8, 4) is 11.5 Å². The number of nitrogens with zero attached hydrogens (tertiary/aromatic N) is 1. The van der Waals surface area contributed by atoms with Gasteiger partial charge >= 0.3 is 0 Å². The Kier molecular flexibility index (Phi) is 7.70. The van der Waals surface area contributed by atoms with Crippen molar-refractivity contribution in [3.05, 3.63) is 47.8 Å². The summed E-state index contributed by atoms with van der Waals surface area (Å²) in [6.45, 7) is 4.83. The molecule has 0 unspecified atom stereocenters. The molecule has 0 bridgehead atoms. The number of carbonyl (C=O) groups excluding carboxylic acids is 1. The highest BCUT2D eigenvalue weighted by atomic mass is 32.2. The second kappa shape index (κ2) is 10.3. The molecule has 3 rings (SSSR count). The number of methoxy groups -OCH3 is 1. The topological polar surface area (TPSA) is 94.2 Å². The molecule has 1 saturated heterocycles. The van der Waals surface area contributed by atoms with E-state index in [4.69, 9.17) is 14.2 Å². The van der Waals surface area contributed by atoms with Gasteiger partial charge in [0.25, 0.3) is 0 Å². The molecular formula is C22H27FN2O6S. The third-order valence-electron chi connectivity index (χ3n) is 4.78. The van der Waals surface area contributed by atoms with E-state index in [0.717, 1.165) is 0 Å². The molecule has 0 aromatic heterocycles. The van der Waals surface area contributed by atoms with Crippen LogP contribution in [-0.2, 0) is 26.0 Å². The lowest BCUT2D eigenvalue weighted by molar-refractivity contribution is -0.115. The number of amides is 1. The van der Waals surface area contributed by atoms with Crippen LogP contribution >= 0.6 is 0 Å². The van der Waals surface area contributed by atoms with Crippen molar-refractivity contribution < 1.29 is 31.8 Å². The van der Waals surface area contributed by atoms with Crippen LogP contribution in [0.15, 0.2) is 41.3 Å². The summed E-state index contributed by atoms with van der Waals surface area (Å²) in [4.78, 5) is 12.7. The molecule has 10 heteroatoms. The second-order valence-electron chi connectivity index (χ2n) is 7.53. The Morgan fingerprint density at radius 2 is 1.84 bits per heavy atom. The van der Waals surface area contributed by atoms with Crippen LogP contribution < -0.4 is 14.8 Å². The maximum Gasteiger partial charge on any atom is 0.243 e. The number of hydrogen-bond donors (Lipinski definition) is 1. The Balaban J connectivity index is 1.84. The van der Waals surface area contributed by atoms with Crippen LogP contribution in [0.25, 0.3) is 0 Å². The number of halogens is 1. The highest BCUT2D eigenvalue weighted by molar-refractivity contribution is 7.89. The van der Waals surface area contributed by atoms with Crippen LogP contribution in [0.5, 0.6) is 11.5 Å². The van der Waals surface area contributed by atoms with Crippen molar-refractivity contribution in [2.75, 3.05) is 38.7 Å². The van der Waals surface area contributed by atoms with Crippen molar-refractivity contribution in [1.82, 2.24) is 4.31 Å². The number of benzene rings is 2. The summed E-state index contributed by atoms with van der Waals surface area (Å²) in [5.74, 6) is -0.581. The molecule has 0 aliphatic carbocycles. The maximum absolute atomic E-state index is 13.9. The SMILES string of the molecule is COc1ccc(CC(=O)Nc2cc(S(=O)(=O)N3CCOCC3)ccc2OC(C)C)cc1F. The van der Waals surface area contributed by atoms with Crippen LogP contribution in [0.3, 0.4) is 0 Å². The summed E-state index contributed by atoms with van der Waals surface area (Å²) in [5.41, 5.74) is 0.677. The number of hydrogen-bond acceptors (Lipinski definition) is 6. The van der Waals surface area contributed by atoms with E-state index >= 15 is 0 Å². The molecular weight excluding hydrogens is 439 g/mol. The number of sulfonamides is 1. The molecule has 1 heterocycles. The molecule has 1 aliphatic heterocycles. The number of anilines is 1. The molecule has 0 spiro atoms. The lowest BCUT2D eigenvalue weighted by Crippen LogP contribution is -2.40. The fourth-order valence-corrected chi connectivity index (χ4v) is 4.69. The van der Waals surface area contributed by atoms with Crippen LogP contribution in [0.4, 0.5) is 10.1 Å². The molecule has 2 aromatic carbocycles. The van der Waals surface area contributed by atoms with E-state index in [1.165, 1.54) is 41.7 Å². The molecule has 2 aromatic rings. The summed E-state index contributed by atoms with van der Waals surface area (Å²) in [7, 11) is -2.39. The number of nitrogens with one attached hydrogen (secondary N) is 1. The van der Waals surface area contributed by atoms with E-state index in [1.807, 2.05) is 13.8 Å². The third kappa shape index (κ3) is 5.76. The summed E-state index contributed by atoms with van der Waals surface area (Å²) in [6.07, 6.45) is -0.300. The normalized spacial score (nSPS) is 14.9. The smallest absolute Gasteiger partial charge is 0.243 e. The predicted molar refractivity (Wildman–Crippen MR) is 117 cm³/mol. The third-order valence-corrected chi connectivity index (χ3v) is 6.67. The van der Waals surface area contributed by atoms with E-state index in [9.17, 15) is 17.6 Å². The van der Waals surface area contributed by atoms with Crippen LogP contribution in [0, 0.1) is 5.82 Å². The van der Waals surface area contributed by atoms with E-state index in [1.54, 1.807) is 6.07 Å². The number of carbonyl (C=O) groups is 1. The Hall–Kier alpha value is -2.69. The molecule has 1 amide bonds. The first-order valence-electron chi connectivity index (χ1n) is 10.2. The minimum atomic E-state index is -3.75. The van der Waals surface area contributed by atoms with Gasteiger partial charge in [0.05, 0.1) is 43.4 Å². The van der Waals surface area contributed by atoms with Crippen molar-refractivity contribution >= 4 is 21.6 Å². The van der Waals surface area contributed by atoms with Gasteiger partial charge in [0, 0.05) is 13.1 Å². The fourth-order valence-electron chi connectivity index (χ4n) is 3.26. The average Bonchev–Trinajstić information content (AvgIpc) is 2.75. The predicted octanol–water partition coefficient (Wildman–Crippen LogP) is 2.82. The Labute approximate surface area is 187 Å². The zero-order valence-corrected chi connectivity index (χ0v) is 19.1. The molecule has 0 atom stereocenters. The molecule has 0 saturated carbocycles.